The molecule has 0 radical (unpaired) electrons. The summed E-state index contributed by atoms with van der Waals surface area (Å²) in [5.74, 6) is 0.149. The first-order valence-electron chi connectivity index (χ1n) is 9.83. The number of aromatic nitrogens is 1. The van der Waals surface area contributed by atoms with E-state index in [1.807, 2.05) is 34.5 Å². The Balaban J connectivity index is 1.31. The van der Waals surface area contributed by atoms with Crippen LogP contribution in [0.4, 0.5) is 0 Å². The van der Waals surface area contributed by atoms with Gasteiger partial charge in [-0.05, 0) is 18.6 Å². The molecule has 1 aliphatic rings. The molecule has 4 rings (SSSR count). The Labute approximate surface area is 180 Å². The molecule has 6 heteroatoms. The van der Waals surface area contributed by atoms with E-state index < -0.39 is 0 Å². The zero-order valence-electron chi connectivity index (χ0n) is 16.5. The number of piperazine rings is 1. The van der Waals surface area contributed by atoms with E-state index in [4.69, 9.17) is 11.6 Å². The van der Waals surface area contributed by atoms with Gasteiger partial charge in [0.1, 0.15) is 5.01 Å². The Bertz CT molecular complexity index is 995. The Hall–Kier alpha value is -2.21. The Kier molecular flexibility index (Phi) is 6.28. The van der Waals surface area contributed by atoms with Crippen molar-refractivity contribution in [2.45, 2.75) is 19.9 Å². The monoisotopic (exact) mass is 425 g/mol. The minimum absolute atomic E-state index is 0.149. The molecule has 1 fully saturated rings. The predicted molar refractivity (Wildman–Crippen MR) is 119 cm³/mol. The minimum atomic E-state index is 0.149. The molecule has 1 amide bonds. The normalized spacial score (nSPS) is 14.9. The largest absolute Gasteiger partial charge is 0.340 e. The summed E-state index contributed by atoms with van der Waals surface area (Å²) >= 11 is 7.80. The van der Waals surface area contributed by atoms with E-state index in [2.05, 4.69) is 41.1 Å². The molecule has 0 N–H and O–H groups in total. The second-order valence-corrected chi connectivity index (χ2v) is 8.71. The lowest BCUT2D eigenvalue weighted by Crippen LogP contribution is -2.48. The van der Waals surface area contributed by atoms with Gasteiger partial charge in [-0.15, -0.1) is 11.3 Å². The molecule has 1 aromatic heterocycles. The Morgan fingerprint density at radius 1 is 1.10 bits per heavy atom. The first-order valence-corrected chi connectivity index (χ1v) is 11.1. The van der Waals surface area contributed by atoms with E-state index in [1.54, 1.807) is 0 Å². The third kappa shape index (κ3) is 5.04. The molecular weight excluding hydrogens is 402 g/mol. The van der Waals surface area contributed by atoms with Crippen molar-refractivity contribution in [1.29, 1.82) is 0 Å². The molecule has 150 valence electrons. The highest BCUT2D eigenvalue weighted by atomic mass is 35.5. The number of thiazole rings is 1. The Morgan fingerprint density at radius 2 is 1.90 bits per heavy atom. The van der Waals surface area contributed by atoms with Crippen molar-refractivity contribution in [3.8, 4) is 10.6 Å². The number of hydrogen-bond acceptors (Lipinski definition) is 4. The quantitative estimate of drug-likeness (QED) is 0.596. The number of rotatable bonds is 5. The van der Waals surface area contributed by atoms with Crippen LogP contribution in [0.15, 0.2) is 53.9 Å². The molecule has 0 atom stereocenters. The van der Waals surface area contributed by atoms with Gasteiger partial charge in [-0.3, -0.25) is 9.69 Å². The van der Waals surface area contributed by atoms with Gasteiger partial charge in [0, 0.05) is 43.7 Å². The zero-order valence-corrected chi connectivity index (χ0v) is 18.0. The molecule has 2 aromatic carbocycles. The summed E-state index contributed by atoms with van der Waals surface area (Å²) in [6, 6.07) is 16.3. The van der Waals surface area contributed by atoms with E-state index in [-0.39, 0.29) is 5.91 Å². The third-order valence-corrected chi connectivity index (χ3v) is 6.46. The molecule has 29 heavy (non-hydrogen) atoms. The molecular formula is C23H24ClN3OS. The van der Waals surface area contributed by atoms with Gasteiger partial charge in [0.25, 0.3) is 0 Å². The van der Waals surface area contributed by atoms with Crippen LogP contribution in [0.25, 0.3) is 10.6 Å². The number of nitrogens with zero attached hydrogens (tertiary/aromatic N) is 3. The number of hydrogen-bond donors (Lipinski definition) is 0. The van der Waals surface area contributed by atoms with Crippen LogP contribution in [0.3, 0.4) is 0 Å². The fourth-order valence-corrected chi connectivity index (χ4v) is 4.78. The van der Waals surface area contributed by atoms with Gasteiger partial charge >= 0.3 is 0 Å². The van der Waals surface area contributed by atoms with Crippen LogP contribution in [-0.4, -0.2) is 46.9 Å². The number of amides is 1. The number of carbonyl (C=O) groups is 1. The maximum Gasteiger partial charge on any atom is 0.228 e. The van der Waals surface area contributed by atoms with E-state index in [1.165, 1.54) is 22.5 Å². The molecule has 2 heterocycles. The van der Waals surface area contributed by atoms with Crippen molar-refractivity contribution >= 4 is 28.8 Å². The molecule has 1 saturated heterocycles. The van der Waals surface area contributed by atoms with Crippen molar-refractivity contribution in [2.24, 2.45) is 0 Å². The van der Waals surface area contributed by atoms with E-state index in [0.29, 0.717) is 11.4 Å². The lowest BCUT2D eigenvalue weighted by atomic mass is 10.1. The van der Waals surface area contributed by atoms with Crippen LogP contribution in [0.1, 0.15) is 16.8 Å². The minimum Gasteiger partial charge on any atom is -0.340 e. The van der Waals surface area contributed by atoms with Crippen molar-refractivity contribution in [3.63, 3.8) is 0 Å². The predicted octanol–water partition coefficient (Wildman–Crippen LogP) is 4.66. The maximum absolute atomic E-state index is 12.7. The van der Waals surface area contributed by atoms with Gasteiger partial charge in [-0.25, -0.2) is 4.98 Å². The lowest BCUT2D eigenvalue weighted by Gasteiger charge is -2.34. The van der Waals surface area contributed by atoms with Gasteiger partial charge in [0.05, 0.1) is 17.1 Å². The molecule has 3 aromatic rings. The molecule has 0 saturated carbocycles. The van der Waals surface area contributed by atoms with Crippen LogP contribution in [0.5, 0.6) is 0 Å². The van der Waals surface area contributed by atoms with Gasteiger partial charge in [-0.2, -0.15) is 0 Å². The van der Waals surface area contributed by atoms with Gasteiger partial charge in [0.15, 0.2) is 0 Å². The smallest absolute Gasteiger partial charge is 0.228 e. The summed E-state index contributed by atoms with van der Waals surface area (Å²) in [6.45, 7) is 6.41. The molecule has 1 aliphatic heterocycles. The maximum atomic E-state index is 12.7. The van der Waals surface area contributed by atoms with Crippen LogP contribution >= 0.6 is 22.9 Å². The average molecular weight is 426 g/mol. The first kappa shape index (κ1) is 20.1. The molecule has 0 spiro atoms. The standard InChI is InChI=1S/C23H24ClN3OS/c1-17-5-4-6-18(13-17)15-26-9-11-27(12-10-26)22(28)14-19-16-29-23(25-19)20-7-2-3-8-21(20)24/h2-8,13,16H,9-12,14-15H2,1H3. The molecule has 4 nitrogen and oxygen atoms in total. The number of aryl methyl sites for hydroxylation is 1. The van der Waals surface area contributed by atoms with Crippen LogP contribution < -0.4 is 0 Å². The van der Waals surface area contributed by atoms with Gasteiger partial charge in [0.2, 0.25) is 5.91 Å². The lowest BCUT2D eigenvalue weighted by molar-refractivity contribution is -0.132. The summed E-state index contributed by atoms with van der Waals surface area (Å²) in [5.41, 5.74) is 4.36. The fourth-order valence-electron chi connectivity index (χ4n) is 3.64. The highest BCUT2D eigenvalue weighted by Gasteiger charge is 2.22. The van der Waals surface area contributed by atoms with Gasteiger partial charge in [-0.1, -0.05) is 59.6 Å². The first-order chi connectivity index (χ1) is 14.1. The van der Waals surface area contributed by atoms with Crippen LogP contribution in [0, 0.1) is 6.92 Å². The van der Waals surface area contributed by atoms with Gasteiger partial charge < -0.3 is 4.90 Å². The van der Waals surface area contributed by atoms with E-state index in [9.17, 15) is 4.79 Å². The third-order valence-electron chi connectivity index (χ3n) is 5.20. The highest BCUT2D eigenvalue weighted by Crippen LogP contribution is 2.30. The average Bonchev–Trinajstić information content (AvgIpc) is 3.17. The Morgan fingerprint density at radius 3 is 2.66 bits per heavy atom. The summed E-state index contributed by atoms with van der Waals surface area (Å²) in [6.07, 6.45) is 0.346. The molecule has 0 aliphatic carbocycles. The summed E-state index contributed by atoms with van der Waals surface area (Å²) < 4.78 is 0. The van der Waals surface area contributed by atoms with Crippen molar-refractivity contribution < 1.29 is 4.79 Å². The number of benzene rings is 2. The molecule has 0 unspecified atom stereocenters. The zero-order chi connectivity index (χ0) is 20.2. The SMILES string of the molecule is Cc1cccc(CN2CCN(C(=O)Cc3csc(-c4ccccc4Cl)n3)CC2)c1. The van der Waals surface area contributed by atoms with Crippen LogP contribution in [-0.2, 0) is 17.8 Å². The topological polar surface area (TPSA) is 36.4 Å². The second-order valence-electron chi connectivity index (χ2n) is 7.45. The summed E-state index contributed by atoms with van der Waals surface area (Å²) in [7, 11) is 0. The van der Waals surface area contributed by atoms with E-state index >= 15 is 0 Å². The highest BCUT2D eigenvalue weighted by molar-refractivity contribution is 7.13. The number of halogens is 1. The van der Waals surface area contributed by atoms with Crippen molar-refractivity contribution in [1.82, 2.24) is 14.8 Å². The molecule has 0 bridgehead atoms. The van der Waals surface area contributed by atoms with Crippen LogP contribution in [0.2, 0.25) is 5.02 Å². The van der Waals surface area contributed by atoms with Crippen molar-refractivity contribution in [3.05, 3.63) is 75.8 Å². The number of carbonyl (C=O) groups excluding carboxylic acids is 1. The van der Waals surface area contributed by atoms with E-state index in [0.717, 1.165) is 49.0 Å². The van der Waals surface area contributed by atoms with Crippen molar-refractivity contribution in [2.75, 3.05) is 26.2 Å². The summed E-state index contributed by atoms with van der Waals surface area (Å²) in [4.78, 5) is 21.7. The second kappa shape index (κ2) is 9.08. The summed E-state index contributed by atoms with van der Waals surface area (Å²) in [5, 5.41) is 3.51. The fraction of sp³-hybridized carbons (Fsp3) is 0.304.